The number of aromatic amines is 1. The monoisotopic (exact) mass is 576 g/mol. The lowest BCUT2D eigenvalue weighted by Crippen LogP contribution is -2.44. The number of benzene rings is 3. The lowest BCUT2D eigenvalue weighted by atomic mass is 9.83. The zero-order valence-electron chi connectivity index (χ0n) is 25.8. The minimum absolute atomic E-state index is 0.218. The molecule has 1 saturated heterocycles. The van der Waals surface area contributed by atoms with Crippen LogP contribution in [-0.4, -0.2) is 66.7 Å². The molecular weight excluding hydrogens is 532 g/mol. The highest BCUT2D eigenvalue weighted by atomic mass is 16.6. The lowest BCUT2D eigenvalue weighted by Gasteiger charge is -2.37. The molecule has 1 aromatic heterocycles. The van der Waals surface area contributed by atoms with Crippen molar-refractivity contribution in [3.63, 3.8) is 0 Å². The number of para-hydroxylation sites is 1. The van der Waals surface area contributed by atoms with Gasteiger partial charge in [0.15, 0.2) is 0 Å². The van der Waals surface area contributed by atoms with Gasteiger partial charge in [-0.2, -0.15) is 0 Å². The van der Waals surface area contributed by atoms with Crippen molar-refractivity contribution >= 4 is 22.7 Å². The largest absolute Gasteiger partial charge is 0.445 e. The van der Waals surface area contributed by atoms with Crippen LogP contribution in [0.5, 0.6) is 0 Å². The number of likely N-dealkylation sites (tertiary alicyclic amines) is 1. The van der Waals surface area contributed by atoms with Crippen molar-refractivity contribution in [2.45, 2.75) is 64.0 Å². The summed E-state index contributed by atoms with van der Waals surface area (Å²) in [5, 5.41) is 1.27. The van der Waals surface area contributed by atoms with E-state index in [1.807, 2.05) is 35.2 Å². The van der Waals surface area contributed by atoms with Gasteiger partial charge in [0.25, 0.3) is 0 Å². The van der Waals surface area contributed by atoms with Gasteiger partial charge in [0.2, 0.25) is 0 Å². The maximum Gasteiger partial charge on any atom is 0.410 e. The van der Waals surface area contributed by atoms with E-state index in [4.69, 9.17) is 4.74 Å². The van der Waals surface area contributed by atoms with Gasteiger partial charge in [-0.3, -0.25) is 0 Å². The number of carbonyl (C=O) groups excluding carboxylic acids is 1. The molecule has 3 aliphatic rings. The number of hydrogen-bond acceptors (Lipinski definition) is 4. The van der Waals surface area contributed by atoms with Crippen molar-refractivity contribution in [2.75, 3.05) is 44.7 Å². The smallest absolute Gasteiger partial charge is 0.410 e. The predicted molar refractivity (Wildman–Crippen MR) is 174 cm³/mol. The van der Waals surface area contributed by atoms with Crippen LogP contribution >= 0.6 is 0 Å². The number of amides is 1. The fraction of sp³-hybridized carbons (Fsp3) is 0.432. The Morgan fingerprint density at radius 1 is 1.00 bits per heavy atom. The standard InChI is InChI=1S/C37H44N4O2/c1-4-41-34-17-19-39(3)23-32(34)31-22-27(21-25(2)36(31)41)28-14-10-18-40(37(42)43-24-26-11-6-5-7-12-26)20-16-30-29-13-8-9-15-33(29)38-35(28)30/h5-9,11-13,15,21-22,28,32,34,38H,4,10,14,16-20,23-24H2,1-3H3. The van der Waals surface area contributed by atoms with E-state index in [1.165, 1.54) is 57.5 Å². The minimum atomic E-state index is -0.218. The van der Waals surface area contributed by atoms with Gasteiger partial charge < -0.3 is 24.4 Å². The topological polar surface area (TPSA) is 51.8 Å². The number of fused-ring (bicyclic) bond motifs is 6. The molecule has 0 saturated carbocycles. The molecule has 1 N–H and O–H groups in total. The van der Waals surface area contributed by atoms with E-state index in [-0.39, 0.29) is 12.0 Å². The van der Waals surface area contributed by atoms with Crippen molar-refractivity contribution in [2.24, 2.45) is 0 Å². The van der Waals surface area contributed by atoms with E-state index in [9.17, 15) is 4.79 Å². The van der Waals surface area contributed by atoms with E-state index < -0.39 is 0 Å². The molecule has 0 spiro atoms. The first-order valence-electron chi connectivity index (χ1n) is 16.2. The van der Waals surface area contributed by atoms with Gasteiger partial charge >= 0.3 is 6.09 Å². The van der Waals surface area contributed by atoms with E-state index >= 15 is 0 Å². The van der Waals surface area contributed by atoms with E-state index in [0.717, 1.165) is 37.9 Å². The second-order valence-corrected chi connectivity index (χ2v) is 12.8. The van der Waals surface area contributed by atoms with Crippen LogP contribution in [0.25, 0.3) is 10.9 Å². The summed E-state index contributed by atoms with van der Waals surface area (Å²) in [4.78, 5) is 24.3. The van der Waals surface area contributed by atoms with Crippen LogP contribution in [0.3, 0.4) is 0 Å². The molecule has 6 heteroatoms. The normalized spacial score (nSPS) is 22.3. The number of rotatable bonds is 4. The van der Waals surface area contributed by atoms with Crippen LogP contribution in [0.2, 0.25) is 0 Å². The Kier molecular flexibility index (Phi) is 7.64. The highest BCUT2D eigenvalue weighted by molar-refractivity contribution is 5.85. The summed E-state index contributed by atoms with van der Waals surface area (Å²) in [6.45, 7) is 9.64. The van der Waals surface area contributed by atoms with Crippen molar-refractivity contribution in [1.29, 1.82) is 0 Å². The third-order valence-electron chi connectivity index (χ3n) is 10.2. The van der Waals surface area contributed by atoms with Crippen LogP contribution in [0, 0.1) is 6.92 Å². The second kappa shape index (κ2) is 11.7. The molecule has 0 bridgehead atoms. The fourth-order valence-electron chi connectivity index (χ4n) is 8.15. The molecular formula is C37H44N4O2. The number of aryl methyl sites for hydroxylation is 1. The third-order valence-corrected chi connectivity index (χ3v) is 10.2. The van der Waals surface area contributed by atoms with Gasteiger partial charge in [-0.05, 0) is 87.0 Å². The zero-order valence-corrected chi connectivity index (χ0v) is 25.8. The number of hydrogen-bond donors (Lipinski definition) is 1. The predicted octanol–water partition coefficient (Wildman–Crippen LogP) is 7.21. The van der Waals surface area contributed by atoms with E-state index in [2.05, 4.69) is 72.1 Å². The number of nitrogens with zero attached hydrogens (tertiary/aromatic N) is 3. The SMILES string of the molecule is CCN1c2c(C)cc(C3CCCN(C(=O)OCc4ccccc4)CCc4c3[nH]c3ccccc43)cc2C2CN(C)CCC21. The van der Waals surface area contributed by atoms with Crippen molar-refractivity contribution < 1.29 is 9.53 Å². The molecule has 224 valence electrons. The first kappa shape index (κ1) is 28.0. The highest BCUT2D eigenvalue weighted by Crippen LogP contribution is 2.48. The van der Waals surface area contributed by atoms with Gasteiger partial charge in [-0.1, -0.05) is 60.7 Å². The Balaban J connectivity index is 1.23. The Morgan fingerprint density at radius 2 is 1.81 bits per heavy atom. The van der Waals surface area contributed by atoms with Gasteiger partial charge in [-0.25, -0.2) is 4.79 Å². The van der Waals surface area contributed by atoms with Crippen LogP contribution in [-0.2, 0) is 17.8 Å². The third kappa shape index (κ3) is 5.20. The average Bonchev–Trinajstić information content (AvgIpc) is 3.57. The van der Waals surface area contributed by atoms with Crippen molar-refractivity contribution in [1.82, 2.24) is 14.8 Å². The van der Waals surface area contributed by atoms with Gasteiger partial charge in [0, 0.05) is 66.3 Å². The maximum atomic E-state index is 13.3. The Bertz CT molecular complexity index is 1610. The molecule has 0 aliphatic carbocycles. The van der Waals surface area contributed by atoms with Crippen LogP contribution in [0.15, 0.2) is 66.7 Å². The molecule has 1 amide bonds. The summed E-state index contributed by atoms with van der Waals surface area (Å²) >= 11 is 0. The Morgan fingerprint density at radius 3 is 2.65 bits per heavy atom. The molecule has 7 rings (SSSR count). The molecule has 4 aromatic rings. The number of anilines is 1. The summed E-state index contributed by atoms with van der Waals surface area (Å²) in [5.74, 6) is 0.808. The summed E-state index contributed by atoms with van der Waals surface area (Å²) in [7, 11) is 2.27. The van der Waals surface area contributed by atoms with Crippen LogP contribution in [0.4, 0.5) is 10.5 Å². The average molecular weight is 577 g/mol. The van der Waals surface area contributed by atoms with Gasteiger partial charge in [0.1, 0.15) is 6.61 Å². The first-order chi connectivity index (χ1) is 21.0. The van der Waals surface area contributed by atoms with E-state index in [0.29, 0.717) is 31.7 Å². The number of nitrogens with one attached hydrogen (secondary N) is 1. The lowest BCUT2D eigenvalue weighted by molar-refractivity contribution is 0.0960. The zero-order chi connectivity index (χ0) is 29.5. The maximum absolute atomic E-state index is 13.3. The number of H-pyrrole nitrogens is 1. The van der Waals surface area contributed by atoms with Crippen molar-refractivity contribution in [3.05, 3.63) is 100 Å². The second-order valence-electron chi connectivity index (χ2n) is 12.8. The quantitative estimate of drug-likeness (QED) is 0.279. The van der Waals surface area contributed by atoms with Crippen LogP contribution in [0.1, 0.15) is 71.5 Å². The molecule has 3 aromatic carbocycles. The molecule has 0 radical (unpaired) electrons. The molecule has 1 fully saturated rings. The molecule has 6 nitrogen and oxygen atoms in total. The summed E-state index contributed by atoms with van der Waals surface area (Å²) in [6, 6.07) is 24.2. The molecule has 4 heterocycles. The first-order valence-corrected chi connectivity index (χ1v) is 16.2. The molecule has 43 heavy (non-hydrogen) atoms. The Labute approximate surface area is 255 Å². The number of piperidine rings is 1. The number of carbonyl (C=O) groups is 1. The summed E-state index contributed by atoms with van der Waals surface area (Å²) < 4.78 is 5.79. The van der Waals surface area contributed by atoms with Crippen LogP contribution < -0.4 is 4.90 Å². The van der Waals surface area contributed by atoms with Gasteiger partial charge in [-0.15, -0.1) is 0 Å². The highest BCUT2D eigenvalue weighted by Gasteiger charge is 2.42. The molecule has 3 atom stereocenters. The summed E-state index contributed by atoms with van der Waals surface area (Å²) in [5.41, 5.74) is 10.7. The van der Waals surface area contributed by atoms with E-state index in [1.54, 1.807) is 0 Å². The minimum Gasteiger partial charge on any atom is -0.445 e. The number of ether oxygens (including phenoxy) is 1. The Hall–Kier alpha value is -3.77. The summed E-state index contributed by atoms with van der Waals surface area (Å²) in [6.07, 6.45) is 3.71. The molecule has 3 unspecified atom stereocenters. The number of aromatic nitrogens is 1. The van der Waals surface area contributed by atoms with Crippen molar-refractivity contribution in [3.8, 4) is 0 Å². The molecule has 3 aliphatic heterocycles. The van der Waals surface area contributed by atoms with Gasteiger partial charge in [0.05, 0.1) is 0 Å². The fourth-order valence-corrected chi connectivity index (χ4v) is 8.15. The number of likely N-dealkylation sites (N-methyl/N-ethyl adjacent to an activating group) is 2.